The van der Waals surface area contributed by atoms with E-state index in [1.54, 1.807) is 4.90 Å². The number of hydrogen-bond acceptors (Lipinski definition) is 8. The predicted octanol–water partition coefficient (Wildman–Crippen LogP) is 3.43. The number of carbonyl (C=O) groups is 2. The predicted molar refractivity (Wildman–Crippen MR) is 185 cm³/mol. The molecule has 0 saturated carbocycles. The van der Waals surface area contributed by atoms with Gasteiger partial charge in [0, 0.05) is 45.6 Å². The molecule has 2 fully saturated rings. The van der Waals surface area contributed by atoms with Crippen molar-refractivity contribution in [3.8, 4) is 5.75 Å². The Labute approximate surface area is 289 Å². The molecular weight excluding hydrogens is 622 g/mol. The van der Waals surface area contributed by atoms with Crippen LogP contribution < -0.4 is 10.1 Å². The van der Waals surface area contributed by atoms with Crippen LogP contribution in [0, 0.1) is 0 Å². The summed E-state index contributed by atoms with van der Waals surface area (Å²) in [5.41, 5.74) is 3.86. The Morgan fingerprint density at radius 2 is 1.71 bits per heavy atom. The topological polar surface area (TPSA) is 121 Å². The van der Waals surface area contributed by atoms with Crippen LogP contribution in [0.3, 0.4) is 0 Å². The van der Waals surface area contributed by atoms with Gasteiger partial charge in [-0.25, -0.2) is 0 Å². The average Bonchev–Trinajstić information content (AvgIpc) is 3.79. The number of rotatable bonds is 15. The van der Waals surface area contributed by atoms with Gasteiger partial charge in [0.1, 0.15) is 18.5 Å². The van der Waals surface area contributed by atoms with Crippen molar-refractivity contribution in [3.05, 3.63) is 101 Å². The minimum absolute atomic E-state index is 0.0520. The number of aliphatic hydroxyl groups excluding tert-OH is 2. The molecule has 10 heteroatoms. The first-order chi connectivity index (χ1) is 23.9. The molecule has 6 rings (SSSR count). The van der Waals surface area contributed by atoms with Gasteiger partial charge in [-0.05, 0) is 60.1 Å². The van der Waals surface area contributed by atoms with Gasteiger partial charge in [-0.3, -0.25) is 14.5 Å². The Kier molecular flexibility index (Phi) is 12.3. The Bertz CT molecular complexity index is 1490. The fraction of sp³-hybridized carbons (Fsp3) is 0.487. The second-order valence-electron chi connectivity index (χ2n) is 13.3. The summed E-state index contributed by atoms with van der Waals surface area (Å²) in [6.07, 6.45) is 0.348. The average molecular weight is 672 g/mol. The summed E-state index contributed by atoms with van der Waals surface area (Å²) in [4.78, 5) is 31.2. The largest absolute Gasteiger partial charge is 0.492 e. The minimum atomic E-state index is -0.967. The van der Waals surface area contributed by atoms with E-state index >= 15 is 0 Å². The summed E-state index contributed by atoms with van der Waals surface area (Å²) in [5, 5.41) is 25.7. The summed E-state index contributed by atoms with van der Waals surface area (Å²) >= 11 is 0. The van der Waals surface area contributed by atoms with Gasteiger partial charge in [0.25, 0.3) is 0 Å². The summed E-state index contributed by atoms with van der Waals surface area (Å²) in [5.74, 6) is 0.359. The van der Waals surface area contributed by atoms with E-state index < -0.39 is 30.4 Å². The molecule has 0 radical (unpaired) electrons. The van der Waals surface area contributed by atoms with Crippen LogP contribution in [0.15, 0.2) is 78.9 Å². The zero-order valence-electron chi connectivity index (χ0n) is 28.1. The Balaban J connectivity index is 1.13. The van der Waals surface area contributed by atoms with Gasteiger partial charge in [-0.15, -0.1) is 0 Å². The van der Waals surface area contributed by atoms with Crippen molar-refractivity contribution in [2.75, 3.05) is 46.1 Å². The molecular formula is C39H49N3O7. The van der Waals surface area contributed by atoms with Crippen LogP contribution in [-0.2, 0) is 38.4 Å². The number of ether oxygens (including phenoxy) is 3. The summed E-state index contributed by atoms with van der Waals surface area (Å²) in [6.45, 7) is 5.60. The van der Waals surface area contributed by atoms with E-state index in [1.807, 2.05) is 78.9 Å². The lowest BCUT2D eigenvalue weighted by Gasteiger charge is -2.33. The Morgan fingerprint density at radius 3 is 2.47 bits per heavy atom. The number of hydrogen-bond donors (Lipinski definition) is 3. The number of benzene rings is 3. The standard InChI is InChI=1S/C39H49N3O7/c43-34(33(25-28-7-2-1-3-8-28)40-39(46)36-11-6-21-49-36)16-17-37(45)42(38-32-10-5-4-9-30(32)26-35(38)44)27-29-12-14-31(15-13-29)48-24-20-41-18-22-47-23-19-41/h1-5,7-10,12-15,33-36,38,43-44H,6,11,16-27H2,(H,40,46)/t33-,34-,35+,36?,38-/m0/s1. The molecule has 1 unspecified atom stereocenters. The highest BCUT2D eigenvalue weighted by Gasteiger charge is 2.38. The number of carbonyl (C=O) groups excluding carboxylic acids is 2. The monoisotopic (exact) mass is 671 g/mol. The zero-order chi connectivity index (χ0) is 34.0. The van der Waals surface area contributed by atoms with Crippen molar-refractivity contribution >= 4 is 11.8 Å². The SMILES string of the molecule is O=C(N[C@@H](Cc1ccccc1)[C@@H](O)CCC(=O)N(Cc1ccc(OCCN2CCOCC2)cc1)[C@H]1c2ccccc2C[C@H]1O)C1CCCO1. The normalized spacial score (nSPS) is 21.9. The van der Waals surface area contributed by atoms with E-state index in [2.05, 4.69) is 10.2 Å². The molecule has 2 heterocycles. The number of aliphatic hydroxyl groups is 2. The molecule has 5 atom stereocenters. The maximum Gasteiger partial charge on any atom is 0.249 e. The summed E-state index contributed by atoms with van der Waals surface area (Å²) < 4.78 is 17.0. The molecule has 3 N–H and O–H groups in total. The molecule has 2 amide bonds. The van der Waals surface area contributed by atoms with Crippen molar-refractivity contribution in [1.82, 2.24) is 15.1 Å². The number of nitrogens with one attached hydrogen (secondary N) is 1. The third-order valence-corrected chi connectivity index (χ3v) is 9.85. The van der Waals surface area contributed by atoms with E-state index in [0.29, 0.717) is 39.0 Å². The van der Waals surface area contributed by atoms with Crippen molar-refractivity contribution in [2.45, 2.75) is 75.5 Å². The lowest BCUT2D eigenvalue weighted by molar-refractivity contribution is -0.137. The summed E-state index contributed by atoms with van der Waals surface area (Å²) in [7, 11) is 0. The van der Waals surface area contributed by atoms with Crippen LogP contribution in [0.2, 0.25) is 0 Å². The van der Waals surface area contributed by atoms with Gasteiger partial charge >= 0.3 is 0 Å². The van der Waals surface area contributed by atoms with E-state index in [0.717, 1.165) is 67.3 Å². The van der Waals surface area contributed by atoms with Gasteiger partial charge in [-0.2, -0.15) is 0 Å². The highest BCUT2D eigenvalue weighted by atomic mass is 16.5. The molecule has 49 heavy (non-hydrogen) atoms. The number of nitrogens with zero attached hydrogens (tertiary/aromatic N) is 2. The fourth-order valence-electron chi connectivity index (χ4n) is 7.10. The van der Waals surface area contributed by atoms with Crippen molar-refractivity contribution in [1.29, 1.82) is 0 Å². The first-order valence-electron chi connectivity index (χ1n) is 17.7. The third-order valence-electron chi connectivity index (χ3n) is 9.85. The maximum atomic E-state index is 14.1. The number of fused-ring (bicyclic) bond motifs is 1. The smallest absolute Gasteiger partial charge is 0.249 e. The van der Waals surface area contributed by atoms with E-state index in [4.69, 9.17) is 14.2 Å². The van der Waals surface area contributed by atoms with Crippen molar-refractivity contribution < 1.29 is 34.0 Å². The number of amides is 2. The second kappa shape index (κ2) is 17.2. The van der Waals surface area contributed by atoms with Gasteiger partial charge < -0.3 is 34.6 Å². The van der Waals surface area contributed by atoms with Crippen LogP contribution in [0.4, 0.5) is 0 Å². The van der Waals surface area contributed by atoms with Gasteiger partial charge in [0.2, 0.25) is 11.8 Å². The Morgan fingerprint density at radius 1 is 0.959 bits per heavy atom. The third kappa shape index (κ3) is 9.46. The molecule has 3 aromatic rings. The molecule has 2 aliphatic heterocycles. The highest BCUT2D eigenvalue weighted by Crippen LogP contribution is 2.37. The lowest BCUT2D eigenvalue weighted by atomic mass is 9.97. The van der Waals surface area contributed by atoms with Gasteiger partial charge in [0.15, 0.2) is 0 Å². The van der Waals surface area contributed by atoms with Crippen LogP contribution in [-0.4, -0.2) is 102 Å². The molecule has 262 valence electrons. The van der Waals surface area contributed by atoms with Gasteiger partial charge in [0.05, 0.1) is 37.5 Å². The molecule has 2 saturated heterocycles. The molecule has 0 bridgehead atoms. The van der Waals surface area contributed by atoms with Crippen molar-refractivity contribution in [3.63, 3.8) is 0 Å². The minimum Gasteiger partial charge on any atom is -0.492 e. The molecule has 10 nitrogen and oxygen atoms in total. The lowest BCUT2D eigenvalue weighted by Crippen LogP contribution is -2.48. The molecule has 3 aliphatic rings. The second-order valence-corrected chi connectivity index (χ2v) is 13.3. The van der Waals surface area contributed by atoms with E-state index in [-0.39, 0.29) is 24.7 Å². The van der Waals surface area contributed by atoms with E-state index in [1.165, 1.54) is 0 Å². The zero-order valence-corrected chi connectivity index (χ0v) is 28.1. The summed E-state index contributed by atoms with van der Waals surface area (Å²) in [6, 6.07) is 24.2. The molecule has 0 aromatic heterocycles. The highest BCUT2D eigenvalue weighted by molar-refractivity contribution is 5.81. The Hall–Kier alpha value is -3.80. The molecule has 3 aromatic carbocycles. The first-order valence-corrected chi connectivity index (χ1v) is 17.7. The molecule has 0 spiro atoms. The number of morpholine rings is 1. The van der Waals surface area contributed by atoms with Crippen molar-refractivity contribution in [2.24, 2.45) is 0 Å². The van der Waals surface area contributed by atoms with Gasteiger partial charge in [-0.1, -0.05) is 66.7 Å². The van der Waals surface area contributed by atoms with Crippen LogP contribution in [0.5, 0.6) is 5.75 Å². The van der Waals surface area contributed by atoms with Crippen LogP contribution in [0.25, 0.3) is 0 Å². The molecule has 1 aliphatic carbocycles. The quantitative estimate of drug-likeness (QED) is 0.225. The van der Waals surface area contributed by atoms with Crippen LogP contribution >= 0.6 is 0 Å². The van der Waals surface area contributed by atoms with E-state index in [9.17, 15) is 19.8 Å². The maximum absolute atomic E-state index is 14.1. The van der Waals surface area contributed by atoms with Crippen LogP contribution in [0.1, 0.15) is 54.0 Å². The fourth-order valence-corrected chi connectivity index (χ4v) is 7.10. The first kappa shape index (κ1) is 35.0.